The van der Waals surface area contributed by atoms with Crippen LogP contribution in [-0.4, -0.2) is 38.9 Å². The zero-order valence-corrected chi connectivity index (χ0v) is 16.5. The van der Waals surface area contributed by atoms with Crippen molar-refractivity contribution >= 4 is 33.3 Å². The number of carbonyl (C=O) groups excluding carboxylic acids is 2. The van der Waals surface area contributed by atoms with Crippen molar-refractivity contribution in [2.75, 3.05) is 19.0 Å². The zero-order chi connectivity index (χ0) is 21.6. The number of amides is 1. The molecule has 0 aliphatic carbocycles. The van der Waals surface area contributed by atoms with E-state index in [-0.39, 0.29) is 21.7 Å². The van der Waals surface area contributed by atoms with E-state index in [0.717, 1.165) is 19.2 Å². The molecule has 2 N–H and O–H groups in total. The third-order valence-corrected chi connectivity index (χ3v) is 5.25. The Morgan fingerprint density at radius 3 is 2.28 bits per heavy atom. The number of nitro benzene ring substituents is 1. The second-order valence-corrected chi connectivity index (χ2v) is 7.66. The van der Waals surface area contributed by atoms with Gasteiger partial charge in [0.2, 0.25) is 10.0 Å². The second kappa shape index (κ2) is 9.26. The maximum atomic E-state index is 12.5. The number of benzene rings is 2. The molecule has 0 unspecified atom stereocenters. The minimum atomic E-state index is -3.64. The highest BCUT2D eigenvalue weighted by atomic mass is 32.2. The normalized spacial score (nSPS) is 11.0. The third kappa shape index (κ3) is 5.59. The SMILES string of the molecule is CCCNS(=O)(=O)c1ccc(NC(=O)c2cc(C(=O)OC)cc([N+](=O)[O-])c2)cc1. The first-order valence-electron chi connectivity index (χ1n) is 8.47. The fraction of sp³-hybridized carbons (Fsp3) is 0.222. The van der Waals surface area contributed by atoms with Crippen LogP contribution in [0.2, 0.25) is 0 Å². The lowest BCUT2D eigenvalue weighted by Crippen LogP contribution is -2.24. The van der Waals surface area contributed by atoms with Crippen LogP contribution in [0.15, 0.2) is 47.4 Å². The van der Waals surface area contributed by atoms with Gasteiger partial charge in [-0.3, -0.25) is 14.9 Å². The quantitative estimate of drug-likeness (QED) is 0.378. The molecule has 2 aromatic carbocycles. The molecular formula is C18H19N3O7S. The highest BCUT2D eigenvalue weighted by molar-refractivity contribution is 7.89. The number of carbonyl (C=O) groups is 2. The largest absolute Gasteiger partial charge is 0.465 e. The summed E-state index contributed by atoms with van der Waals surface area (Å²) in [4.78, 5) is 34.5. The molecule has 29 heavy (non-hydrogen) atoms. The van der Waals surface area contributed by atoms with Crippen LogP contribution in [0, 0.1) is 10.1 Å². The summed E-state index contributed by atoms with van der Waals surface area (Å²) in [6, 6.07) is 8.61. The average molecular weight is 421 g/mol. The summed E-state index contributed by atoms with van der Waals surface area (Å²) < 4.78 is 31.1. The lowest BCUT2D eigenvalue weighted by molar-refractivity contribution is -0.384. The first-order valence-corrected chi connectivity index (χ1v) is 9.95. The van der Waals surface area contributed by atoms with Gasteiger partial charge in [0.1, 0.15) is 0 Å². The standard InChI is InChI=1S/C18H19N3O7S/c1-3-8-19-29(26,27)16-6-4-14(5-7-16)20-17(22)12-9-13(18(23)28-2)11-15(10-12)21(24)25/h4-7,9-11,19H,3,8H2,1-2H3,(H,20,22). The van der Waals surface area contributed by atoms with Gasteiger partial charge in [0.25, 0.3) is 11.6 Å². The summed E-state index contributed by atoms with van der Waals surface area (Å²) in [6.45, 7) is 2.14. The Morgan fingerprint density at radius 1 is 1.10 bits per heavy atom. The number of rotatable bonds is 8. The molecule has 0 aliphatic rings. The van der Waals surface area contributed by atoms with E-state index in [1.165, 1.54) is 30.3 Å². The van der Waals surface area contributed by atoms with Crippen molar-refractivity contribution in [3.63, 3.8) is 0 Å². The van der Waals surface area contributed by atoms with E-state index in [0.29, 0.717) is 13.0 Å². The van der Waals surface area contributed by atoms with Crippen molar-refractivity contribution in [2.45, 2.75) is 18.2 Å². The van der Waals surface area contributed by atoms with Crippen LogP contribution >= 0.6 is 0 Å². The van der Waals surface area contributed by atoms with E-state index in [1.807, 2.05) is 6.92 Å². The average Bonchev–Trinajstić information content (AvgIpc) is 2.71. The van der Waals surface area contributed by atoms with Crippen molar-refractivity contribution in [3.05, 3.63) is 63.7 Å². The second-order valence-electron chi connectivity index (χ2n) is 5.89. The van der Waals surface area contributed by atoms with Crippen molar-refractivity contribution in [3.8, 4) is 0 Å². The molecule has 0 heterocycles. The number of hydrogen-bond donors (Lipinski definition) is 2. The van der Waals surface area contributed by atoms with Gasteiger partial charge in [-0.1, -0.05) is 6.92 Å². The molecule has 2 aromatic rings. The number of methoxy groups -OCH3 is 1. The van der Waals surface area contributed by atoms with Crippen LogP contribution in [-0.2, 0) is 14.8 Å². The number of esters is 1. The van der Waals surface area contributed by atoms with E-state index < -0.39 is 32.5 Å². The first-order chi connectivity index (χ1) is 13.7. The minimum Gasteiger partial charge on any atom is -0.465 e. The van der Waals surface area contributed by atoms with Crippen molar-refractivity contribution in [1.82, 2.24) is 4.72 Å². The van der Waals surface area contributed by atoms with Crippen LogP contribution in [0.5, 0.6) is 0 Å². The maximum Gasteiger partial charge on any atom is 0.338 e. The van der Waals surface area contributed by atoms with Crippen LogP contribution in [0.3, 0.4) is 0 Å². The van der Waals surface area contributed by atoms with Gasteiger partial charge in [-0.15, -0.1) is 0 Å². The van der Waals surface area contributed by atoms with Gasteiger partial charge in [0.05, 0.1) is 22.5 Å². The fourth-order valence-electron chi connectivity index (χ4n) is 2.32. The number of nitrogens with zero attached hydrogens (tertiary/aromatic N) is 1. The van der Waals surface area contributed by atoms with Crippen LogP contribution < -0.4 is 10.0 Å². The number of nitro groups is 1. The predicted molar refractivity (Wildman–Crippen MR) is 104 cm³/mol. The molecule has 0 spiro atoms. The number of sulfonamides is 1. The van der Waals surface area contributed by atoms with E-state index in [9.17, 15) is 28.1 Å². The van der Waals surface area contributed by atoms with Gasteiger partial charge >= 0.3 is 5.97 Å². The molecule has 0 atom stereocenters. The van der Waals surface area contributed by atoms with Crippen LogP contribution in [0.25, 0.3) is 0 Å². The third-order valence-electron chi connectivity index (χ3n) is 3.78. The molecule has 1 amide bonds. The lowest BCUT2D eigenvalue weighted by Gasteiger charge is -2.09. The van der Waals surface area contributed by atoms with Gasteiger partial charge < -0.3 is 10.1 Å². The molecule has 2 rings (SSSR count). The zero-order valence-electron chi connectivity index (χ0n) is 15.7. The van der Waals surface area contributed by atoms with Crippen LogP contribution in [0.1, 0.15) is 34.1 Å². The lowest BCUT2D eigenvalue weighted by atomic mass is 10.1. The molecule has 0 aromatic heterocycles. The van der Waals surface area contributed by atoms with Gasteiger partial charge in [-0.2, -0.15) is 0 Å². The molecule has 0 fully saturated rings. The van der Waals surface area contributed by atoms with Gasteiger partial charge in [0.15, 0.2) is 0 Å². The Labute approximate surface area is 167 Å². The summed E-state index contributed by atoms with van der Waals surface area (Å²) in [5, 5.41) is 13.6. The molecule has 0 radical (unpaired) electrons. The molecule has 0 bridgehead atoms. The fourth-order valence-corrected chi connectivity index (χ4v) is 3.46. The maximum absolute atomic E-state index is 12.5. The van der Waals surface area contributed by atoms with Crippen molar-refractivity contribution in [2.24, 2.45) is 0 Å². The highest BCUT2D eigenvalue weighted by Crippen LogP contribution is 2.20. The molecule has 10 nitrogen and oxygen atoms in total. The van der Waals surface area contributed by atoms with Gasteiger partial charge in [0, 0.05) is 29.9 Å². The Balaban J connectivity index is 2.25. The van der Waals surface area contributed by atoms with E-state index >= 15 is 0 Å². The molecule has 0 saturated heterocycles. The Kier molecular flexibility index (Phi) is 7.02. The van der Waals surface area contributed by atoms with E-state index in [2.05, 4.69) is 14.8 Å². The molecule has 11 heteroatoms. The molecule has 154 valence electrons. The minimum absolute atomic E-state index is 0.0345. The Hall–Kier alpha value is -3.31. The number of ether oxygens (including phenoxy) is 1. The molecular weight excluding hydrogens is 402 g/mol. The smallest absolute Gasteiger partial charge is 0.338 e. The van der Waals surface area contributed by atoms with Gasteiger partial charge in [-0.05, 0) is 36.8 Å². The van der Waals surface area contributed by atoms with Crippen LogP contribution in [0.4, 0.5) is 11.4 Å². The number of nitrogens with one attached hydrogen (secondary N) is 2. The van der Waals surface area contributed by atoms with E-state index in [1.54, 1.807) is 0 Å². The summed E-state index contributed by atoms with van der Waals surface area (Å²) in [5.74, 6) is -1.53. The molecule has 0 saturated carbocycles. The summed E-state index contributed by atoms with van der Waals surface area (Å²) in [5.41, 5.74) is -0.437. The number of hydrogen-bond acceptors (Lipinski definition) is 7. The van der Waals surface area contributed by atoms with Crippen molar-refractivity contribution < 1.29 is 27.7 Å². The van der Waals surface area contributed by atoms with E-state index in [4.69, 9.17) is 0 Å². The summed E-state index contributed by atoms with van der Waals surface area (Å²) in [7, 11) is -2.53. The topological polar surface area (TPSA) is 145 Å². The number of non-ortho nitro benzene ring substituents is 1. The highest BCUT2D eigenvalue weighted by Gasteiger charge is 2.19. The first kappa shape index (κ1) is 22.0. The predicted octanol–water partition coefficient (Wildman–Crippen LogP) is 2.32. The number of anilines is 1. The Bertz CT molecular complexity index is 1030. The monoisotopic (exact) mass is 421 g/mol. The van der Waals surface area contributed by atoms with Gasteiger partial charge in [-0.25, -0.2) is 17.9 Å². The summed E-state index contributed by atoms with van der Waals surface area (Å²) in [6.07, 6.45) is 0.643. The molecule has 0 aliphatic heterocycles. The summed E-state index contributed by atoms with van der Waals surface area (Å²) >= 11 is 0. The van der Waals surface area contributed by atoms with Crippen molar-refractivity contribution in [1.29, 1.82) is 0 Å². The Morgan fingerprint density at radius 2 is 1.72 bits per heavy atom.